The molecule has 2 rings (SSSR count). The van der Waals surface area contributed by atoms with Crippen LogP contribution in [0, 0.1) is 0 Å². The molecule has 2 aliphatic heterocycles. The third-order valence-corrected chi connectivity index (χ3v) is 4.11. The highest BCUT2D eigenvalue weighted by atomic mass is 16.6. The van der Waals surface area contributed by atoms with Gasteiger partial charge in [0.05, 0.1) is 13.2 Å². The largest absolute Gasteiger partial charge is 0.394 e. The SMILES string of the molecule is OCC1OC(NC2OC(CO)C(O)C(O)C2O)C(O)C(O)C1O. The van der Waals surface area contributed by atoms with Gasteiger partial charge in [-0.05, 0) is 0 Å². The van der Waals surface area contributed by atoms with Gasteiger partial charge >= 0.3 is 0 Å². The summed E-state index contributed by atoms with van der Waals surface area (Å²) in [6, 6.07) is 0. The maximum Gasteiger partial charge on any atom is 0.139 e. The molecule has 0 aromatic carbocycles. The first kappa shape index (κ1) is 18.9. The second-order valence-corrected chi connectivity index (χ2v) is 5.67. The molecule has 2 aliphatic rings. The molecule has 136 valence electrons. The summed E-state index contributed by atoms with van der Waals surface area (Å²) in [4.78, 5) is 0. The number of nitrogens with one attached hydrogen (secondary N) is 1. The number of rotatable bonds is 4. The molecule has 0 aromatic heterocycles. The molecular formula is C12H23NO10. The van der Waals surface area contributed by atoms with Crippen molar-refractivity contribution in [3.05, 3.63) is 0 Å². The number of aliphatic hydroxyl groups is 8. The summed E-state index contributed by atoms with van der Waals surface area (Å²) in [5.74, 6) is 0. The van der Waals surface area contributed by atoms with Crippen LogP contribution < -0.4 is 5.32 Å². The topological polar surface area (TPSA) is 192 Å². The molecule has 10 unspecified atom stereocenters. The van der Waals surface area contributed by atoms with Crippen molar-refractivity contribution < 1.29 is 50.3 Å². The summed E-state index contributed by atoms with van der Waals surface area (Å²) in [7, 11) is 0. The van der Waals surface area contributed by atoms with E-state index in [9.17, 15) is 30.6 Å². The zero-order chi connectivity index (χ0) is 17.3. The molecule has 2 heterocycles. The minimum absolute atomic E-state index is 0.627. The van der Waals surface area contributed by atoms with E-state index < -0.39 is 74.5 Å². The van der Waals surface area contributed by atoms with E-state index in [1.165, 1.54) is 0 Å². The lowest BCUT2D eigenvalue weighted by molar-refractivity contribution is -0.274. The zero-order valence-electron chi connectivity index (χ0n) is 12.1. The molecule has 0 amide bonds. The van der Waals surface area contributed by atoms with Crippen LogP contribution >= 0.6 is 0 Å². The predicted octanol–water partition coefficient (Wildman–Crippen LogP) is -5.82. The van der Waals surface area contributed by atoms with Crippen LogP contribution in [0.1, 0.15) is 0 Å². The van der Waals surface area contributed by atoms with E-state index in [1.54, 1.807) is 0 Å². The standard InChI is InChI=1S/C12H23NO10/c14-1-3-5(16)7(18)9(20)11(22-3)13-12-10(21)8(19)6(17)4(2-15)23-12/h3-21H,1-2H2. The average Bonchev–Trinajstić information content (AvgIpc) is 2.55. The van der Waals surface area contributed by atoms with Gasteiger partial charge in [-0.25, -0.2) is 0 Å². The van der Waals surface area contributed by atoms with Crippen molar-refractivity contribution >= 4 is 0 Å². The van der Waals surface area contributed by atoms with Crippen molar-refractivity contribution in [2.45, 2.75) is 61.3 Å². The second kappa shape index (κ2) is 7.63. The Morgan fingerprint density at radius 3 is 1.22 bits per heavy atom. The fourth-order valence-electron chi connectivity index (χ4n) is 2.64. The lowest BCUT2D eigenvalue weighted by Crippen LogP contribution is -2.68. The molecule has 23 heavy (non-hydrogen) atoms. The van der Waals surface area contributed by atoms with Crippen molar-refractivity contribution in [1.29, 1.82) is 0 Å². The fraction of sp³-hybridized carbons (Fsp3) is 1.00. The highest BCUT2D eigenvalue weighted by Gasteiger charge is 2.48. The highest BCUT2D eigenvalue weighted by molar-refractivity contribution is 4.95. The molecule has 0 aromatic rings. The Hall–Kier alpha value is -0.440. The van der Waals surface area contributed by atoms with Crippen molar-refractivity contribution in [3.63, 3.8) is 0 Å². The van der Waals surface area contributed by atoms with Crippen LogP contribution in [0.25, 0.3) is 0 Å². The Kier molecular flexibility index (Phi) is 6.27. The quantitative estimate of drug-likeness (QED) is 0.236. The minimum Gasteiger partial charge on any atom is -0.394 e. The minimum atomic E-state index is -1.62. The van der Waals surface area contributed by atoms with Gasteiger partial charge in [0.25, 0.3) is 0 Å². The van der Waals surface area contributed by atoms with Crippen molar-refractivity contribution in [2.24, 2.45) is 0 Å². The Morgan fingerprint density at radius 2 is 0.913 bits per heavy atom. The van der Waals surface area contributed by atoms with Gasteiger partial charge in [0.2, 0.25) is 0 Å². The molecule has 9 N–H and O–H groups in total. The van der Waals surface area contributed by atoms with E-state index in [-0.39, 0.29) is 0 Å². The van der Waals surface area contributed by atoms with Crippen LogP contribution in [-0.4, -0.2) is 115 Å². The first-order chi connectivity index (χ1) is 10.8. The highest BCUT2D eigenvalue weighted by Crippen LogP contribution is 2.24. The third-order valence-electron chi connectivity index (χ3n) is 4.11. The second-order valence-electron chi connectivity index (χ2n) is 5.67. The van der Waals surface area contributed by atoms with Gasteiger partial charge in [0.1, 0.15) is 61.3 Å². The van der Waals surface area contributed by atoms with Crippen molar-refractivity contribution in [1.82, 2.24) is 5.32 Å². The Balaban J connectivity index is 2.07. The summed E-state index contributed by atoms with van der Waals surface area (Å²) in [5, 5.41) is 79.2. The maximum absolute atomic E-state index is 9.90. The molecule has 11 heteroatoms. The molecular weight excluding hydrogens is 318 g/mol. The first-order valence-electron chi connectivity index (χ1n) is 7.18. The Morgan fingerprint density at radius 1 is 0.565 bits per heavy atom. The summed E-state index contributed by atoms with van der Waals surface area (Å²) < 4.78 is 10.4. The smallest absolute Gasteiger partial charge is 0.139 e. The number of hydrogen-bond donors (Lipinski definition) is 9. The maximum atomic E-state index is 9.90. The van der Waals surface area contributed by atoms with Gasteiger partial charge in [-0.1, -0.05) is 0 Å². The van der Waals surface area contributed by atoms with Gasteiger partial charge in [-0.3, -0.25) is 5.32 Å². The van der Waals surface area contributed by atoms with Crippen molar-refractivity contribution in [3.8, 4) is 0 Å². The monoisotopic (exact) mass is 341 g/mol. The molecule has 0 radical (unpaired) electrons. The molecule has 2 fully saturated rings. The van der Waals surface area contributed by atoms with Gasteiger partial charge in [0.15, 0.2) is 0 Å². The van der Waals surface area contributed by atoms with Crippen LogP contribution in [0.4, 0.5) is 0 Å². The molecule has 0 saturated carbocycles. The van der Waals surface area contributed by atoms with Gasteiger partial charge in [-0.2, -0.15) is 0 Å². The molecule has 10 atom stereocenters. The zero-order valence-corrected chi connectivity index (χ0v) is 12.1. The molecule has 2 saturated heterocycles. The summed E-state index contributed by atoms with van der Waals surface area (Å²) in [5.41, 5.74) is 0. The summed E-state index contributed by atoms with van der Waals surface area (Å²) >= 11 is 0. The Labute approximate surface area is 131 Å². The van der Waals surface area contributed by atoms with E-state index in [0.29, 0.717) is 0 Å². The van der Waals surface area contributed by atoms with Crippen LogP contribution in [0.15, 0.2) is 0 Å². The van der Waals surface area contributed by atoms with E-state index in [4.69, 9.17) is 19.7 Å². The van der Waals surface area contributed by atoms with Crippen LogP contribution in [0.2, 0.25) is 0 Å². The van der Waals surface area contributed by atoms with Crippen LogP contribution in [0.3, 0.4) is 0 Å². The molecule has 0 spiro atoms. The van der Waals surface area contributed by atoms with Crippen molar-refractivity contribution in [2.75, 3.05) is 13.2 Å². The van der Waals surface area contributed by atoms with Crippen LogP contribution in [-0.2, 0) is 9.47 Å². The van der Waals surface area contributed by atoms with Crippen LogP contribution in [0.5, 0.6) is 0 Å². The van der Waals surface area contributed by atoms with Gasteiger partial charge < -0.3 is 50.3 Å². The normalized spacial score (nSPS) is 51.7. The van der Waals surface area contributed by atoms with E-state index >= 15 is 0 Å². The van der Waals surface area contributed by atoms with E-state index in [0.717, 1.165) is 0 Å². The number of hydrogen-bond acceptors (Lipinski definition) is 11. The number of aliphatic hydroxyl groups excluding tert-OH is 8. The summed E-state index contributed by atoms with van der Waals surface area (Å²) in [6.07, 6.45) is -14.5. The lowest BCUT2D eigenvalue weighted by atomic mass is 9.96. The lowest BCUT2D eigenvalue weighted by Gasteiger charge is -2.45. The molecule has 11 nitrogen and oxygen atoms in total. The van der Waals surface area contributed by atoms with E-state index in [1.807, 2.05) is 0 Å². The molecule has 0 aliphatic carbocycles. The average molecular weight is 341 g/mol. The Bertz CT molecular complexity index is 349. The summed E-state index contributed by atoms with van der Waals surface area (Å²) in [6.45, 7) is -1.25. The molecule has 0 bridgehead atoms. The fourth-order valence-corrected chi connectivity index (χ4v) is 2.64. The van der Waals surface area contributed by atoms with Gasteiger partial charge in [-0.15, -0.1) is 0 Å². The number of ether oxygens (including phenoxy) is 2. The third kappa shape index (κ3) is 3.65. The van der Waals surface area contributed by atoms with Gasteiger partial charge in [0, 0.05) is 0 Å². The van der Waals surface area contributed by atoms with E-state index in [2.05, 4.69) is 5.32 Å². The first-order valence-corrected chi connectivity index (χ1v) is 7.18. The predicted molar refractivity (Wildman–Crippen MR) is 70.7 cm³/mol.